The van der Waals surface area contributed by atoms with Gasteiger partial charge in [-0.05, 0) is 13.3 Å². The van der Waals surface area contributed by atoms with E-state index in [2.05, 4.69) is 10.6 Å². The molecule has 0 radical (unpaired) electrons. The topological polar surface area (TPSA) is 142 Å². The van der Waals surface area contributed by atoms with E-state index < -0.39 is 24.1 Å². The van der Waals surface area contributed by atoms with E-state index in [-0.39, 0.29) is 47.2 Å². The monoisotopic (exact) mass is 468 g/mol. The minimum absolute atomic E-state index is 0.0206. The van der Waals surface area contributed by atoms with Crippen molar-refractivity contribution in [3.63, 3.8) is 0 Å². The molecule has 4 aliphatic heterocycles. The van der Waals surface area contributed by atoms with E-state index in [1.165, 1.54) is 16.7 Å². The molecule has 10 nitrogen and oxygen atoms in total. The quantitative estimate of drug-likeness (QED) is 0.291. The number of aliphatic carboxylic acids is 1. The number of amides is 2. The molecule has 3 saturated heterocycles. The Labute approximate surface area is 191 Å². The largest absolute Gasteiger partial charge is 0.477 e. The number of piperazine rings is 1. The average molecular weight is 469 g/mol. The second-order valence-electron chi connectivity index (χ2n) is 9.16. The number of hydrogen-bond acceptors (Lipinski definition) is 8. The van der Waals surface area contributed by atoms with Crippen molar-refractivity contribution in [3.8, 4) is 0 Å². The Balaban J connectivity index is 1.38. The fourth-order valence-electron chi connectivity index (χ4n) is 5.34. The molecule has 178 valence electrons. The SMILES string of the molecule is C[C@@H](O)[C@H]1C(=O)N2C(C(=O)O)=C(S[C@@H]3CN[C@H]([C@@H](O)CC(=O)N4CCNCC4)C3)[C@H](C)[C@H]12. The smallest absolute Gasteiger partial charge is 0.353 e. The number of carboxylic acids is 1. The second kappa shape index (κ2) is 9.30. The summed E-state index contributed by atoms with van der Waals surface area (Å²) in [4.78, 5) is 40.6. The minimum Gasteiger partial charge on any atom is -0.477 e. The van der Waals surface area contributed by atoms with Crippen molar-refractivity contribution in [2.45, 2.75) is 56.2 Å². The zero-order valence-corrected chi connectivity index (χ0v) is 19.2. The van der Waals surface area contributed by atoms with Gasteiger partial charge in [-0.15, -0.1) is 11.8 Å². The molecule has 32 heavy (non-hydrogen) atoms. The van der Waals surface area contributed by atoms with Crippen LogP contribution in [0.5, 0.6) is 0 Å². The molecule has 4 heterocycles. The Bertz CT molecular complexity index is 814. The first-order valence-electron chi connectivity index (χ1n) is 11.3. The number of nitrogens with one attached hydrogen (secondary N) is 2. The molecule has 0 spiro atoms. The maximum atomic E-state index is 12.5. The van der Waals surface area contributed by atoms with Crippen LogP contribution in [0.4, 0.5) is 0 Å². The highest BCUT2D eigenvalue weighted by Crippen LogP contribution is 2.51. The second-order valence-corrected chi connectivity index (χ2v) is 10.5. The molecule has 4 rings (SSSR count). The van der Waals surface area contributed by atoms with Gasteiger partial charge in [0.25, 0.3) is 0 Å². The summed E-state index contributed by atoms with van der Waals surface area (Å²) in [6.45, 7) is 6.86. The van der Waals surface area contributed by atoms with E-state index in [4.69, 9.17) is 0 Å². The molecular weight excluding hydrogens is 436 g/mol. The van der Waals surface area contributed by atoms with E-state index in [1.54, 1.807) is 11.8 Å². The third kappa shape index (κ3) is 4.16. The van der Waals surface area contributed by atoms with Crippen LogP contribution in [0.3, 0.4) is 0 Å². The van der Waals surface area contributed by atoms with Crippen molar-refractivity contribution in [1.29, 1.82) is 0 Å². The summed E-state index contributed by atoms with van der Waals surface area (Å²) >= 11 is 1.44. The van der Waals surface area contributed by atoms with Gasteiger partial charge >= 0.3 is 5.97 Å². The van der Waals surface area contributed by atoms with Crippen molar-refractivity contribution in [3.05, 3.63) is 10.6 Å². The number of rotatable bonds is 7. The lowest BCUT2D eigenvalue weighted by Crippen LogP contribution is -2.63. The maximum Gasteiger partial charge on any atom is 0.353 e. The Kier molecular flexibility index (Phi) is 6.83. The molecule has 7 atom stereocenters. The van der Waals surface area contributed by atoms with Gasteiger partial charge in [0.1, 0.15) is 5.70 Å². The van der Waals surface area contributed by atoms with Gasteiger partial charge in [-0.3, -0.25) is 9.59 Å². The molecule has 11 heteroatoms. The third-order valence-electron chi connectivity index (χ3n) is 7.05. The summed E-state index contributed by atoms with van der Waals surface area (Å²) in [7, 11) is 0. The lowest BCUT2D eigenvalue weighted by atomic mass is 9.79. The lowest BCUT2D eigenvalue weighted by Gasteiger charge is -2.46. The highest BCUT2D eigenvalue weighted by atomic mass is 32.2. The summed E-state index contributed by atoms with van der Waals surface area (Å²) in [5, 5.41) is 36.9. The molecule has 5 N–H and O–H groups in total. The van der Waals surface area contributed by atoms with Crippen LogP contribution in [0.25, 0.3) is 0 Å². The van der Waals surface area contributed by atoms with Crippen LogP contribution in [0.1, 0.15) is 26.7 Å². The van der Waals surface area contributed by atoms with Crippen LogP contribution in [0.2, 0.25) is 0 Å². The summed E-state index contributed by atoms with van der Waals surface area (Å²) in [6, 6.07) is -0.572. The predicted molar refractivity (Wildman–Crippen MR) is 117 cm³/mol. The molecule has 0 aliphatic carbocycles. The van der Waals surface area contributed by atoms with Crippen LogP contribution in [-0.4, -0.2) is 105 Å². The van der Waals surface area contributed by atoms with Gasteiger partial charge in [-0.1, -0.05) is 6.92 Å². The third-order valence-corrected chi connectivity index (χ3v) is 8.56. The Morgan fingerprint density at radius 1 is 1.25 bits per heavy atom. The van der Waals surface area contributed by atoms with E-state index in [0.29, 0.717) is 31.0 Å². The summed E-state index contributed by atoms with van der Waals surface area (Å²) in [6.07, 6.45) is -0.971. The molecule has 0 aromatic rings. The number of aliphatic hydroxyl groups excluding tert-OH is 2. The Hall–Kier alpha value is -1.66. The molecule has 0 aromatic carbocycles. The molecule has 0 unspecified atom stereocenters. The number of carbonyl (C=O) groups is 3. The number of nitrogens with zero attached hydrogens (tertiary/aromatic N) is 2. The number of hydrogen-bond donors (Lipinski definition) is 5. The predicted octanol–water partition coefficient (Wildman–Crippen LogP) is -1.21. The first-order chi connectivity index (χ1) is 15.2. The van der Waals surface area contributed by atoms with Crippen molar-refractivity contribution in [2.24, 2.45) is 11.8 Å². The average Bonchev–Trinajstić information content (AvgIpc) is 3.31. The van der Waals surface area contributed by atoms with Crippen molar-refractivity contribution in [1.82, 2.24) is 20.4 Å². The number of carboxylic acid groups (broad SMARTS) is 1. The fourth-order valence-corrected chi connectivity index (χ4v) is 6.83. The van der Waals surface area contributed by atoms with Crippen molar-refractivity contribution >= 4 is 29.5 Å². The highest BCUT2D eigenvalue weighted by Gasteiger charge is 2.60. The van der Waals surface area contributed by atoms with Gasteiger partial charge in [0.05, 0.1) is 30.6 Å². The van der Waals surface area contributed by atoms with E-state index in [1.807, 2.05) is 6.92 Å². The molecular formula is C21H32N4O6S. The van der Waals surface area contributed by atoms with Crippen LogP contribution in [-0.2, 0) is 14.4 Å². The van der Waals surface area contributed by atoms with Gasteiger partial charge in [-0.25, -0.2) is 4.79 Å². The van der Waals surface area contributed by atoms with Crippen LogP contribution in [0, 0.1) is 11.8 Å². The zero-order valence-electron chi connectivity index (χ0n) is 18.4. The number of aliphatic hydroxyl groups is 2. The summed E-state index contributed by atoms with van der Waals surface area (Å²) in [5.41, 5.74) is 0.0206. The molecule has 4 aliphatic rings. The first kappa shape index (κ1) is 23.5. The van der Waals surface area contributed by atoms with Gasteiger partial charge in [0, 0.05) is 54.8 Å². The standard InChI is InChI=1S/C21H32N4O6S/c1-10-17-16(11(2)26)20(29)25(17)18(21(30)31)19(10)32-12-7-13(23-9-12)14(27)8-15(28)24-5-3-22-4-6-24/h10-14,16-17,22-23,26-27H,3-9H2,1-2H3,(H,30,31)/t10-,11-,12+,13+,14+,16-,17-/m1/s1. The van der Waals surface area contributed by atoms with E-state index in [9.17, 15) is 29.7 Å². The normalized spacial score (nSPS) is 34.4. The molecule has 3 fully saturated rings. The zero-order chi connectivity index (χ0) is 23.2. The number of fused-ring (bicyclic) bond motifs is 1. The first-order valence-corrected chi connectivity index (χ1v) is 12.1. The van der Waals surface area contributed by atoms with E-state index in [0.717, 1.165) is 13.1 Å². The minimum atomic E-state index is -1.14. The molecule has 0 bridgehead atoms. The van der Waals surface area contributed by atoms with Gasteiger partial charge in [-0.2, -0.15) is 0 Å². The highest BCUT2D eigenvalue weighted by molar-refractivity contribution is 8.03. The van der Waals surface area contributed by atoms with Gasteiger partial charge in [0.2, 0.25) is 11.8 Å². The summed E-state index contributed by atoms with van der Waals surface area (Å²) in [5.74, 6) is -2.28. The maximum absolute atomic E-state index is 12.5. The van der Waals surface area contributed by atoms with Crippen molar-refractivity contribution in [2.75, 3.05) is 32.7 Å². The lowest BCUT2D eigenvalue weighted by molar-refractivity contribution is -0.163. The summed E-state index contributed by atoms with van der Waals surface area (Å²) < 4.78 is 0. The Morgan fingerprint density at radius 3 is 2.56 bits per heavy atom. The number of β-lactam (4-membered cyclic amide) rings is 1. The number of carbonyl (C=O) groups excluding carboxylic acids is 2. The van der Waals surface area contributed by atoms with Crippen LogP contribution >= 0.6 is 11.8 Å². The molecule has 0 saturated carbocycles. The number of thioether (sulfide) groups is 1. The fraction of sp³-hybridized carbons (Fsp3) is 0.762. The molecule has 2 amide bonds. The van der Waals surface area contributed by atoms with Crippen molar-refractivity contribution < 1.29 is 29.7 Å². The van der Waals surface area contributed by atoms with Crippen LogP contribution < -0.4 is 10.6 Å². The van der Waals surface area contributed by atoms with Gasteiger partial charge in [0.15, 0.2) is 0 Å². The van der Waals surface area contributed by atoms with E-state index >= 15 is 0 Å². The van der Waals surface area contributed by atoms with Crippen LogP contribution in [0.15, 0.2) is 10.6 Å². The molecule has 0 aromatic heterocycles. The van der Waals surface area contributed by atoms with Gasteiger partial charge < -0.3 is 35.8 Å². The Morgan fingerprint density at radius 2 is 1.94 bits per heavy atom.